The van der Waals surface area contributed by atoms with Crippen LogP contribution in [0.25, 0.3) is 0 Å². The maximum atomic E-state index is 12.5. The second-order valence-corrected chi connectivity index (χ2v) is 6.05. The zero-order chi connectivity index (χ0) is 16.4. The molecule has 1 atom stereocenters. The van der Waals surface area contributed by atoms with Crippen molar-refractivity contribution in [3.05, 3.63) is 54.2 Å². The standard InChI is InChI=1S/C16H12N2O4S/c19-13-9-12(15(20)18(13)10-5-2-1-3-6-10)23-14-11(16(21)22)7-4-8-17-14/h1-8,12H,9H2,(H,21,22)/p-1. The number of hydrogen-bond donors (Lipinski definition) is 0. The molecule has 1 aromatic carbocycles. The van der Waals surface area contributed by atoms with Crippen molar-refractivity contribution >= 4 is 35.2 Å². The van der Waals surface area contributed by atoms with Crippen LogP contribution in [0.2, 0.25) is 0 Å². The molecule has 6 nitrogen and oxygen atoms in total. The van der Waals surface area contributed by atoms with Crippen LogP contribution >= 0.6 is 11.8 Å². The number of benzene rings is 1. The van der Waals surface area contributed by atoms with Gasteiger partial charge in [-0.2, -0.15) is 0 Å². The Hall–Kier alpha value is -2.67. The molecule has 0 spiro atoms. The largest absolute Gasteiger partial charge is 0.545 e. The van der Waals surface area contributed by atoms with Gasteiger partial charge in [0.25, 0.3) is 0 Å². The molecule has 0 saturated carbocycles. The number of anilines is 1. The summed E-state index contributed by atoms with van der Waals surface area (Å²) in [5, 5.41) is 10.6. The third-order valence-corrected chi connectivity index (χ3v) is 4.57. The highest BCUT2D eigenvalue weighted by Gasteiger charge is 2.40. The molecule has 0 radical (unpaired) electrons. The summed E-state index contributed by atoms with van der Waals surface area (Å²) in [4.78, 5) is 40.8. The van der Waals surface area contributed by atoms with Crippen LogP contribution in [0.1, 0.15) is 16.8 Å². The van der Waals surface area contributed by atoms with Crippen LogP contribution in [0, 0.1) is 0 Å². The van der Waals surface area contributed by atoms with Crippen LogP contribution in [0.15, 0.2) is 53.7 Å². The second kappa shape index (κ2) is 6.21. The average Bonchev–Trinajstić information content (AvgIpc) is 2.82. The van der Waals surface area contributed by atoms with E-state index >= 15 is 0 Å². The van der Waals surface area contributed by atoms with E-state index in [4.69, 9.17) is 0 Å². The predicted molar refractivity (Wildman–Crippen MR) is 81.8 cm³/mol. The van der Waals surface area contributed by atoms with E-state index in [1.54, 1.807) is 30.3 Å². The first-order valence-corrected chi connectivity index (χ1v) is 7.71. The minimum atomic E-state index is -1.36. The minimum absolute atomic E-state index is 0.00144. The van der Waals surface area contributed by atoms with Gasteiger partial charge in [-0.05, 0) is 24.3 Å². The predicted octanol–water partition coefficient (Wildman–Crippen LogP) is 0.869. The molecule has 2 aromatic rings. The Morgan fingerprint density at radius 2 is 1.91 bits per heavy atom. The Kier molecular flexibility index (Phi) is 4.12. The number of imide groups is 1. The van der Waals surface area contributed by atoms with Crippen LogP contribution in [-0.2, 0) is 9.59 Å². The van der Waals surface area contributed by atoms with E-state index in [1.165, 1.54) is 18.3 Å². The number of aromatic carboxylic acids is 1. The molecule has 1 saturated heterocycles. The summed E-state index contributed by atoms with van der Waals surface area (Å²) in [5.41, 5.74) is 0.419. The van der Waals surface area contributed by atoms with Gasteiger partial charge in [-0.25, -0.2) is 9.88 Å². The fourth-order valence-electron chi connectivity index (χ4n) is 2.32. The number of hydrogen-bond acceptors (Lipinski definition) is 6. The normalized spacial score (nSPS) is 17.6. The number of pyridine rings is 1. The lowest BCUT2D eigenvalue weighted by Crippen LogP contribution is -2.31. The molecule has 1 aliphatic heterocycles. The van der Waals surface area contributed by atoms with Crippen molar-refractivity contribution in [1.29, 1.82) is 0 Å². The first-order chi connectivity index (χ1) is 11.1. The Morgan fingerprint density at radius 3 is 2.61 bits per heavy atom. The number of para-hydroxylation sites is 1. The molecular formula is C16H11N2O4S-. The summed E-state index contributed by atoms with van der Waals surface area (Å²) in [6, 6.07) is 11.5. The third kappa shape index (κ3) is 2.95. The lowest BCUT2D eigenvalue weighted by Gasteiger charge is -2.15. The van der Waals surface area contributed by atoms with Crippen molar-refractivity contribution < 1.29 is 19.5 Å². The molecule has 7 heteroatoms. The van der Waals surface area contributed by atoms with E-state index in [-0.39, 0.29) is 28.8 Å². The third-order valence-electron chi connectivity index (χ3n) is 3.36. The fraction of sp³-hybridized carbons (Fsp3) is 0.125. The second-order valence-electron chi connectivity index (χ2n) is 4.86. The van der Waals surface area contributed by atoms with E-state index in [0.29, 0.717) is 5.69 Å². The summed E-state index contributed by atoms with van der Waals surface area (Å²) in [6.07, 6.45) is 1.44. The summed E-state index contributed by atoms with van der Waals surface area (Å²) in [5.74, 6) is -2.05. The first-order valence-electron chi connectivity index (χ1n) is 6.83. The number of carbonyl (C=O) groups excluding carboxylic acids is 3. The van der Waals surface area contributed by atoms with Crippen LogP contribution in [-0.4, -0.2) is 28.0 Å². The first kappa shape index (κ1) is 15.2. The summed E-state index contributed by atoms with van der Waals surface area (Å²) in [7, 11) is 0. The van der Waals surface area contributed by atoms with Crippen molar-refractivity contribution in [2.45, 2.75) is 16.7 Å². The van der Waals surface area contributed by atoms with Gasteiger partial charge in [0.2, 0.25) is 11.8 Å². The maximum absolute atomic E-state index is 12.5. The Balaban J connectivity index is 1.85. The Morgan fingerprint density at radius 1 is 1.17 bits per heavy atom. The Labute approximate surface area is 136 Å². The van der Waals surface area contributed by atoms with Gasteiger partial charge >= 0.3 is 0 Å². The van der Waals surface area contributed by atoms with Gasteiger partial charge in [0.15, 0.2) is 0 Å². The number of thioether (sulfide) groups is 1. The van der Waals surface area contributed by atoms with Crippen molar-refractivity contribution in [3.63, 3.8) is 0 Å². The van der Waals surface area contributed by atoms with Gasteiger partial charge in [0.05, 0.1) is 16.9 Å². The number of amides is 2. The summed E-state index contributed by atoms with van der Waals surface area (Å²) < 4.78 is 0. The number of carboxylic acid groups (broad SMARTS) is 1. The van der Waals surface area contributed by atoms with E-state index in [2.05, 4.69) is 4.98 Å². The van der Waals surface area contributed by atoms with Crippen molar-refractivity contribution in [2.24, 2.45) is 0 Å². The zero-order valence-corrected chi connectivity index (χ0v) is 12.7. The van der Waals surface area contributed by atoms with Crippen molar-refractivity contribution in [1.82, 2.24) is 4.98 Å². The van der Waals surface area contributed by atoms with E-state index in [9.17, 15) is 19.5 Å². The number of aromatic nitrogens is 1. The van der Waals surface area contributed by atoms with E-state index in [0.717, 1.165) is 16.7 Å². The molecule has 23 heavy (non-hydrogen) atoms. The minimum Gasteiger partial charge on any atom is -0.545 e. The van der Waals surface area contributed by atoms with E-state index in [1.807, 2.05) is 0 Å². The highest BCUT2D eigenvalue weighted by Crippen LogP contribution is 2.34. The highest BCUT2D eigenvalue weighted by atomic mass is 32.2. The topological polar surface area (TPSA) is 90.4 Å². The number of rotatable bonds is 4. The van der Waals surface area contributed by atoms with Gasteiger partial charge in [-0.15, -0.1) is 0 Å². The number of nitrogens with zero attached hydrogens (tertiary/aromatic N) is 2. The summed E-state index contributed by atoms with van der Waals surface area (Å²) >= 11 is 0.972. The van der Waals surface area contributed by atoms with Gasteiger partial charge in [-0.3, -0.25) is 9.59 Å². The Bertz CT molecular complexity index is 779. The molecular weight excluding hydrogens is 316 g/mol. The van der Waals surface area contributed by atoms with Crippen molar-refractivity contribution in [2.75, 3.05) is 4.90 Å². The lowest BCUT2D eigenvalue weighted by atomic mass is 10.3. The molecule has 2 heterocycles. The molecule has 1 fully saturated rings. The lowest BCUT2D eigenvalue weighted by molar-refractivity contribution is -0.255. The van der Waals surface area contributed by atoms with Crippen LogP contribution in [0.3, 0.4) is 0 Å². The quantitative estimate of drug-likeness (QED) is 0.774. The smallest absolute Gasteiger partial charge is 0.247 e. The van der Waals surface area contributed by atoms with Crippen LogP contribution in [0.4, 0.5) is 5.69 Å². The van der Waals surface area contributed by atoms with Crippen molar-refractivity contribution in [3.8, 4) is 0 Å². The summed E-state index contributed by atoms with van der Waals surface area (Å²) in [6.45, 7) is 0. The van der Waals surface area contributed by atoms with Gasteiger partial charge in [0.1, 0.15) is 5.03 Å². The van der Waals surface area contributed by atoms with Gasteiger partial charge in [-0.1, -0.05) is 30.0 Å². The van der Waals surface area contributed by atoms with Gasteiger partial charge < -0.3 is 9.90 Å². The molecule has 0 aliphatic carbocycles. The average molecular weight is 327 g/mol. The monoisotopic (exact) mass is 327 g/mol. The molecule has 116 valence electrons. The molecule has 0 N–H and O–H groups in total. The van der Waals surface area contributed by atoms with Crippen LogP contribution in [0.5, 0.6) is 0 Å². The van der Waals surface area contributed by atoms with Crippen LogP contribution < -0.4 is 10.0 Å². The molecule has 3 rings (SSSR count). The molecule has 1 aromatic heterocycles. The van der Waals surface area contributed by atoms with Gasteiger partial charge in [0, 0.05) is 18.2 Å². The van der Waals surface area contributed by atoms with E-state index < -0.39 is 11.2 Å². The number of carboxylic acids is 1. The number of carbonyl (C=O) groups is 3. The molecule has 2 amide bonds. The fourth-order valence-corrected chi connectivity index (χ4v) is 3.42. The maximum Gasteiger partial charge on any atom is 0.247 e. The molecule has 1 aliphatic rings. The molecule has 0 bridgehead atoms. The highest BCUT2D eigenvalue weighted by molar-refractivity contribution is 8.00. The molecule has 1 unspecified atom stereocenters. The zero-order valence-electron chi connectivity index (χ0n) is 11.8. The SMILES string of the molecule is O=C([O-])c1cccnc1SC1CC(=O)N(c2ccccc2)C1=O.